The van der Waals surface area contributed by atoms with Crippen molar-refractivity contribution in [1.29, 1.82) is 0 Å². The number of nitrogens with one attached hydrogen (secondary N) is 2. The molecule has 9 heavy (non-hydrogen) atoms. The third-order valence-corrected chi connectivity index (χ3v) is 0.931. The molecule has 0 aromatic rings. The summed E-state index contributed by atoms with van der Waals surface area (Å²) in [7, 11) is 1.70. The van der Waals surface area contributed by atoms with Crippen molar-refractivity contribution in [3.63, 3.8) is 0 Å². The van der Waals surface area contributed by atoms with Crippen molar-refractivity contribution in [1.82, 2.24) is 10.9 Å². The predicted octanol–water partition coefficient (Wildman–Crippen LogP) is 0.137. The number of hydrogen-bond donors (Lipinski definition) is 2. The second-order valence-corrected chi connectivity index (χ2v) is 1.85. The lowest BCUT2D eigenvalue weighted by Crippen LogP contribution is -2.34. The smallest absolute Gasteiger partial charge is 0.0601 e. The topological polar surface area (TPSA) is 33.3 Å². The van der Waals surface area contributed by atoms with E-state index in [1.165, 1.54) is 0 Å². The summed E-state index contributed by atoms with van der Waals surface area (Å²) < 4.78 is 4.82. The fraction of sp³-hybridized carbons (Fsp3) is 1.00. The maximum absolute atomic E-state index is 4.82. The molecule has 0 aliphatic carbocycles. The maximum Gasteiger partial charge on any atom is 0.0601 e. The first kappa shape index (κ1) is 8.88. The van der Waals surface area contributed by atoms with E-state index in [-0.39, 0.29) is 0 Å². The molecule has 0 heterocycles. The number of methoxy groups -OCH3 is 1. The quantitative estimate of drug-likeness (QED) is 0.398. The van der Waals surface area contributed by atoms with E-state index in [1.54, 1.807) is 7.11 Å². The summed E-state index contributed by atoms with van der Waals surface area (Å²) in [6, 6.07) is 0. The van der Waals surface area contributed by atoms with E-state index < -0.39 is 0 Å². The summed E-state index contributed by atoms with van der Waals surface area (Å²) in [4.78, 5) is 0. The van der Waals surface area contributed by atoms with E-state index in [0.717, 1.165) is 26.1 Å². The Morgan fingerprint density at radius 3 is 2.44 bits per heavy atom. The number of hydrogen-bond acceptors (Lipinski definition) is 3. The van der Waals surface area contributed by atoms with Gasteiger partial charge in [0.25, 0.3) is 0 Å². The van der Waals surface area contributed by atoms with Crippen LogP contribution >= 0.6 is 0 Å². The van der Waals surface area contributed by atoms with Crippen LogP contribution in [-0.2, 0) is 4.74 Å². The molecule has 0 rings (SSSR count). The minimum absolute atomic E-state index is 0.761. The molecule has 0 aromatic heterocycles. The van der Waals surface area contributed by atoms with Gasteiger partial charge in [0.1, 0.15) is 0 Å². The Bertz CT molecular complexity index is 44.3. The van der Waals surface area contributed by atoms with Gasteiger partial charge in [0.15, 0.2) is 0 Å². The van der Waals surface area contributed by atoms with Crippen LogP contribution in [0.3, 0.4) is 0 Å². The van der Waals surface area contributed by atoms with Gasteiger partial charge in [-0.3, -0.25) is 10.9 Å². The van der Waals surface area contributed by atoms with Crippen molar-refractivity contribution in [2.24, 2.45) is 0 Å². The molecule has 2 N–H and O–H groups in total. The van der Waals surface area contributed by atoms with Crippen molar-refractivity contribution in [2.45, 2.75) is 13.3 Å². The molecule has 0 bridgehead atoms. The predicted molar refractivity (Wildman–Crippen MR) is 38.2 cm³/mol. The van der Waals surface area contributed by atoms with E-state index in [9.17, 15) is 0 Å². The van der Waals surface area contributed by atoms with Gasteiger partial charge in [0.2, 0.25) is 0 Å². The van der Waals surface area contributed by atoms with Crippen molar-refractivity contribution >= 4 is 0 Å². The highest BCUT2D eigenvalue weighted by atomic mass is 16.5. The third kappa shape index (κ3) is 7.88. The SMILES string of the molecule is CCCNNCCOC. The van der Waals surface area contributed by atoms with Gasteiger partial charge >= 0.3 is 0 Å². The normalized spacial score (nSPS) is 10.0. The van der Waals surface area contributed by atoms with Crippen LogP contribution in [-0.4, -0.2) is 26.8 Å². The highest BCUT2D eigenvalue weighted by Crippen LogP contribution is 1.65. The molecule has 0 spiro atoms. The monoisotopic (exact) mass is 132 g/mol. The number of ether oxygens (including phenoxy) is 1. The van der Waals surface area contributed by atoms with E-state index in [2.05, 4.69) is 17.8 Å². The summed E-state index contributed by atoms with van der Waals surface area (Å²) >= 11 is 0. The molecule has 0 aliphatic rings. The lowest BCUT2D eigenvalue weighted by molar-refractivity contribution is 0.195. The van der Waals surface area contributed by atoms with Crippen molar-refractivity contribution in [3.05, 3.63) is 0 Å². The van der Waals surface area contributed by atoms with Crippen molar-refractivity contribution < 1.29 is 4.74 Å². The first-order valence-electron chi connectivity index (χ1n) is 3.36. The second kappa shape index (κ2) is 7.88. The molecular formula is C6H16N2O. The van der Waals surface area contributed by atoms with Crippen molar-refractivity contribution in [2.75, 3.05) is 26.8 Å². The van der Waals surface area contributed by atoms with Crippen LogP contribution in [0, 0.1) is 0 Å². The Morgan fingerprint density at radius 2 is 1.89 bits per heavy atom. The van der Waals surface area contributed by atoms with Gasteiger partial charge in [-0.15, -0.1) is 0 Å². The average Bonchev–Trinajstić information content (AvgIpc) is 1.89. The Labute approximate surface area is 56.7 Å². The van der Waals surface area contributed by atoms with Crippen molar-refractivity contribution in [3.8, 4) is 0 Å². The lowest BCUT2D eigenvalue weighted by Gasteiger charge is -2.03. The molecule has 0 radical (unpaired) electrons. The summed E-state index contributed by atoms with van der Waals surface area (Å²) in [5, 5.41) is 0. The summed E-state index contributed by atoms with van der Waals surface area (Å²) in [6.45, 7) is 4.78. The molecule has 0 unspecified atom stereocenters. The first-order chi connectivity index (χ1) is 4.41. The number of rotatable bonds is 6. The highest BCUT2D eigenvalue weighted by molar-refractivity contribution is 4.37. The molecule has 0 saturated heterocycles. The van der Waals surface area contributed by atoms with Gasteiger partial charge in [0, 0.05) is 20.2 Å². The van der Waals surface area contributed by atoms with Gasteiger partial charge < -0.3 is 4.74 Å². The zero-order chi connectivity index (χ0) is 6.95. The molecule has 0 fully saturated rings. The molecule has 0 atom stereocenters. The zero-order valence-electron chi connectivity index (χ0n) is 6.24. The van der Waals surface area contributed by atoms with Crippen LogP contribution in [0.1, 0.15) is 13.3 Å². The molecule has 0 saturated carbocycles. The number of hydrazine groups is 1. The summed E-state index contributed by atoms with van der Waals surface area (Å²) in [5.74, 6) is 0. The summed E-state index contributed by atoms with van der Waals surface area (Å²) in [6.07, 6.45) is 1.15. The lowest BCUT2D eigenvalue weighted by atomic mass is 10.5. The Hall–Kier alpha value is -0.120. The van der Waals surface area contributed by atoms with Crippen LogP contribution in [0.2, 0.25) is 0 Å². The fourth-order valence-corrected chi connectivity index (χ4v) is 0.455. The average molecular weight is 132 g/mol. The van der Waals surface area contributed by atoms with E-state index in [4.69, 9.17) is 4.74 Å². The van der Waals surface area contributed by atoms with Gasteiger partial charge in [-0.1, -0.05) is 6.92 Å². The van der Waals surface area contributed by atoms with Gasteiger partial charge in [0.05, 0.1) is 6.61 Å². The first-order valence-corrected chi connectivity index (χ1v) is 3.36. The minimum atomic E-state index is 0.761. The Morgan fingerprint density at radius 1 is 1.22 bits per heavy atom. The molecular weight excluding hydrogens is 116 g/mol. The van der Waals surface area contributed by atoms with E-state index in [0.29, 0.717) is 0 Å². The maximum atomic E-state index is 4.82. The Kier molecular flexibility index (Phi) is 7.77. The Balaban J connectivity index is 2.60. The minimum Gasteiger partial charge on any atom is -0.383 e. The van der Waals surface area contributed by atoms with Crippen LogP contribution in [0.25, 0.3) is 0 Å². The van der Waals surface area contributed by atoms with E-state index >= 15 is 0 Å². The van der Waals surface area contributed by atoms with Crippen LogP contribution < -0.4 is 10.9 Å². The molecule has 56 valence electrons. The second-order valence-electron chi connectivity index (χ2n) is 1.85. The third-order valence-electron chi connectivity index (χ3n) is 0.931. The molecule has 0 aliphatic heterocycles. The largest absolute Gasteiger partial charge is 0.383 e. The summed E-state index contributed by atoms with van der Waals surface area (Å²) in [5.41, 5.74) is 6.05. The van der Waals surface area contributed by atoms with Crippen LogP contribution in [0.5, 0.6) is 0 Å². The van der Waals surface area contributed by atoms with E-state index in [1.807, 2.05) is 0 Å². The molecule has 3 nitrogen and oxygen atoms in total. The fourth-order valence-electron chi connectivity index (χ4n) is 0.455. The van der Waals surface area contributed by atoms with Crippen LogP contribution in [0.15, 0.2) is 0 Å². The molecule has 0 aromatic carbocycles. The molecule has 3 heteroatoms. The molecule has 0 amide bonds. The standard InChI is InChI=1S/C6H16N2O/c1-3-4-7-8-5-6-9-2/h7-8H,3-6H2,1-2H3. The highest BCUT2D eigenvalue weighted by Gasteiger charge is 1.81. The van der Waals surface area contributed by atoms with Gasteiger partial charge in [-0.2, -0.15) is 0 Å². The zero-order valence-corrected chi connectivity index (χ0v) is 6.24. The van der Waals surface area contributed by atoms with Crippen LogP contribution in [0.4, 0.5) is 0 Å². The van der Waals surface area contributed by atoms with Gasteiger partial charge in [-0.25, -0.2) is 0 Å². The van der Waals surface area contributed by atoms with Gasteiger partial charge in [-0.05, 0) is 6.42 Å².